The van der Waals surface area contributed by atoms with Crippen molar-refractivity contribution in [1.82, 2.24) is 19.9 Å². The Kier molecular flexibility index (Phi) is 9.79. The van der Waals surface area contributed by atoms with Crippen molar-refractivity contribution in [2.45, 2.75) is 101 Å². The summed E-state index contributed by atoms with van der Waals surface area (Å²) in [4.78, 5) is 16.5. The minimum atomic E-state index is -2.56. The zero-order valence-electron chi connectivity index (χ0n) is 32.3. The number of rotatable bonds is 7. The van der Waals surface area contributed by atoms with Gasteiger partial charge in [0.1, 0.15) is 57.6 Å². The molecule has 2 aromatic carbocycles. The number of likely N-dealkylation sites (tertiary alicyclic amines) is 1. The second-order valence-electron chi connectivity index (χ2n) is 16.6. The molecule has 4 fully saturated rings. The number of halogens is 2. The van der Waals surface area contributed by atoms with Crippen LogP contribution >= 0.6 is 0 Å². The van der Waals surface area contributed by atoms with Crippen LogP contribution in [0.4, 0.5) is 14.6 Å². The number of piperidine rings is 1. The number of hydrogen-bond donors (Lipinski definition) is 6. The number of hydrogen-bond acceptors (Lipinski definition) is 15. The van der Waals surface area contributed by atoms with Crippen molar-refractivity contribution in [3.8, 4) is 28.9 Å². The zero-order chi connectivity index (χ0) is 40.7. The van der Waals surface area contributed by atoms with Crippen LogP contribution in [0.5, 0.6) is 17.6 Å². The number of methoxy groups -OCH3 is 1. The van der Waals surface area contributed by atoms with Gasteiger partial charge in [0, 0.05) is 42.2 Å². The second kappa shape index (κ2) is 14.0. The Morgan fingerprint density at radius 1 is 0.947 bits per heavy atom. The van der Waals surface area contributed by atoms with Gasteiger partial charge in [-0.2, -0.15) is 14.9 Å². The van der Waals surface area contributed by atoms with E-state index in [2.05, 4.69) is 9.97 Å². The molecule has 0 radical (unpaired) electrons. The highest BCUT2D eigenvalue weighted by molar-refractivity contribution is 6.02. The number of pyridine rings is 1. The van der Waals surface area contributed by atoms with Crippen molar-refractivity contribution in [3.63, 3.8) is 0 Å². The summed E-state index contributed by atoms with van der Waals surface area (Å²) >= 11 is 0. The van der Waals surface area contributed by atoms with Gasteiger partial charge in [-0.3, -0.25) is 0 Å². The minimum Gasteiger partial charge on any atom is -0.508 e. The highest BCUT2D eigenvalue weighted by Gasteiger charge is 2.70. The first-order chi connectivity index (χ1) is 26.9. The lowest BCUT2D eigenvalue weighted by Gasteiger charge is -2.62. The first kappa shape index (κ1) is 39.7. The maximum atomic E-state index is 17.2. The molecule has 4 aromatic rings. The Labute approximate surface area is 327 Å². The molecule has 3 aliphatic heterocycles. The van der Waals surface area contributed by atoms with Gasteiger partial charge in [0.05, 0.1) is 39.1 Å². The number of nitrogens with zero attached hydrogens (tertiary/aromatic N) is 5. The molecule has 8 rings (SSSR count). The SMILES string of the molecule is COc1nc(-c2cc(O)cc3cccc(F)c23)c(F)c2nc(OCC34CCCC3(O)N(C3(O)CC(C)OC(C)C3)C(O)(O)CC4)nc(N3CCOCC(C)(O)C3)c12. The maximum Gasteiger partial charge on any atom is 0.319 e. The Hall–Kier alpha value is -4.07. The van der Waals surface area contributed by atoms with Crippen molar-refractivity contribution >= 4 is 27.5 Å². The molecule has 5 heterocycles. The number of ether oxygens (including phenoxy) is 4. The van der Waals surface area contributed by atoms with Gasteiger partial charge in [0.25, 0.3) is 0 Å². The van der Waals surface area contributed by atoms with E-state index in [0.29, 0.717) is 18.2 Å². The maximum absolute atomic E-state index is 17.2. The molecule has 1 aliphatic carbocycles. The number of anilines is 1. The van der Waals surface area contributed by atoms with Gasteiger partial charge in [-0.05, 0) is 70.0 Å². The molecule has 0 amide bonds. The fourth-order valence-corrected chi connectivity index (χ4v) is 9.91. The molecule has 2 aromatic heterocycles. The highest BCUT2D eigenvalue weighted by atomic mass is 19.1. The largest absolute Gasteiger partial charge is 0.508 e. The molecule has 5 atom stereocenters. The lowest BCUT2D eigenvalue weighted by atomic mass is 9.70. The number of fused-ring (bicyclic) bond motifs is 3. The molecule has 4 aliphatic rings. The van der Waals surface area contributed by atoms with Crippen LogP contribution in [0.2, 0.25) is 0 Å². The minimum absolute atomic E-state index is 0.000355. The Morgan fingerprint density at radius 3 is 2.44 bits per heavy atom. The van der Waals surface area contributed by atoms with Crippen LogP contribution < -0.4 is 14.4 Å². The number of aromatic nitrogens is 3. The van der Waals surface area contributed by atoms with E-state index in [4.69, 9.17) is 23.9 Å². The van der Waals surface area contributed by atoms with E-state index in [1.165, 1.54) is 31.4 Å². The second-order valence-corrected chi connectivity index (χ2v) is 16.6. The number of aromatic hydroxyl groups is 1. The predicted molar refractivity (Wildman–Crippen MR) is 201 cm³/mol. The van der Waals surface area contributed by atoms with Crippen molar-refractivity contribution in [2.24, 2.45) is 5.41 Å². The zero-order valence-corrected chi connectivity index (χ0v) is 32.3. The predicted octanol–water partition coefficient (Wildman–Crippen LogP) is 3.67. The van der Waals surface area contributed by atoms with Crippen LogP contribution in [-0.2, 0) is 9.47 Å². The standard InChI is InChI=1S/C40H49F2N5O10/c1-22-17-38(50,18-23(2)57-22)47-39(51)10-6-9-37(39,11-12-40(47,52)53)21-56-35-44-32-29(33(45-35)46-13-14-55-20-36(3,49)19-46)34(54-4)43-31(30(32)42)26-16-25(48)15-24-7-5-8-27(41)28(24)26/h5,7-8,15-16,22-23,48-53H,6,9-14,17-21H2,1-4H3. The molecule has 308 valence electrons. The molecule has 17 heteroatoms. The lowest BCUT2D eigenvalue weighted by Crippen LogP contribution is -2.78. The third kappa shape index (κ3) is 6.71. The Balaban J connectivity index is 1.27. The number of benzene rings is 2. The van der Waals surface area contributed by atoms with E-state index in [0.717, 1.165) is 4.90 Å². The molecular formula is C40H49F2N5O10. The van der Waals surface area contributed by atoms with Crippen LogP contribution in [0, 0.1) is 17.0 Å². The monoisotopic (exact) mass is 797 g/mol. The summed E-state index contributed by atoms with van der Waals surface area (Å²) < 4.78 is 56.3. The molecule has 3 saturated heterocycles. The molecule has 6 N–H and O–H groups in total. The Morgan fingerprint density at radius 2 is 1.70 bits per heavy atom. The van der Waals surface area contributed by atoms with Crippen LogP contribution in [0.25, 0.3) is 32.9 Å². The molecular weight excluding hydrogens is 748 g/mol. The topological polar surface area (TPSA) is 203 Å². The van der Waals surface area contributed by atoms with Crippen molar-refractivity contribution in [2.75, 3.05) is 44.9 Å². The van der Waals surface area contributed by atoms with Crippen LogP contribution in [0.1, 0.15) is 65.7 Å². The average molecular weight is 798 g/mol. The van der Waals surface area contributed by atoms with Gasteiger partial charge in [-0.1, -0.05) is 12.1 Å². The number of β-amino-alcohol motifs (C(OH)–C–C–N with tert-alkyl or cyclic N) is 1. The summed E-state index contributed by atoms with van der Waals surface area (Å²) in [6.45, 7) is 5.29. The molecule has 15 nitrogen and oxygen atoms in total. The summed E-state index contributed by atoms with van der Waals surface area (Å²) in [6.07, 6.45) is -0.0709. The van der Waals surface area contributed by atoms with E-state index in [1.54, 1.807) is 31.7 Å². The first-order valence-corrected chi connectivity index (χ1v) is 19.3. The van der Waals surface area contributed by atoms with E-state index in [1.807, 2.05) is 0 Å². The molecule has 1 saturated carbocycles. The van der Waals surface area contributed by atoms with Crippen LogP contribution in [0.3, 0.4) is 0 Å². The summed E-state index contributed by atoms with van der Waals surface area (Å²) in [5, 5.41) is 69.7. The number of aliphatic hydroxyl groups is 5. The van der Waals surface area contributed by atoms with Gasteiger partial charge in [-0.15, -0.1) is 0 Å². The smallest absolute Gasteiger partial charge is 0.319 e. The fraction of sp³-hybridized carbons (Fsp3) is 0.575. The summed E-state index contributed by atoms with van der Waals surface area (Å²) in [6, 6.07) is 6.50. The molecule has 0 bridgehead atoms. The van der Waals surface area contributed by atoms with Gasteiger partial charge in [-0.25, -0.2) is 13.8 Å². The summed E-state index contributed by atoms with van der Waals surface area (Å²) in [7, 11) is 1.33. The van der Waals surface area contributed by atoms with E-state index in [-0.39, 0.29) is 116 Å². The van der Waals surface area contributed by atoms with E-state index in [9.17, 15) is 30.6 Å². The normalized spacial score (nSPS) is 32.0. The third-order valence-corrected chi connectivity index (χ3v) is 12.1. The lowest BCUT2D eigenvalue weighted by molar-refractivity contribution is -0.437. The molecule has 0 spiro atoms. The first-order valence-electron chi connectivity index (χ1n) is 19.3. The van der Waals surface area contributed by atoms with Gasteiger partial charge in [0.15, 0.2) is 5.82 Å². The van der Waals surface area contributed by atoms with Gasteiger partial charge < -0.3 is 54.5 Å². The quantitative estimate of drug-likeness (QED) is 0.148. The number of phenolic OH excluding ortho intramolecular Hbond substituents is 1. The highest BCUT2D eigenvalue weighted by Crippen LogP contribution is 2.60. The van der Waals surface area contributed by atoms with Gasteiger partial charge in [0.2, 0.25) is 11.8 Å². The van der Waals surface area contributed by atoms with E-state index < -0.39 is 52.2 Å². The van der Waals surface area contributed by atoms with Crippen molar-refractivity contribution < 1.29 is 58.4 Å². The average Bonchev–Trinajstić information content (AvgIpc) is 3.34. The summed E-state index contributed by atoms with van der Waals surface area (Å²) in [5.41, 5.74) is -7.07. The van der Waals surface area contributed by atoms with Gasteiger partial charge >= 0.3 is 6.01 Å². The fourth-order valence-electron chi connectivity index (χ4n) is 9.91. The van der Waals surface area contributed by atoms with E-state index >= 15 is 8.78 Å². The van der Waals surface area contributed by atoms with Crippen LogP contribution in [-0.4, -0.2) is 126 Å². The molecule has 5 unspecified atom stereocenters. The third-order valence-electron chi connectivity index (χ3n) is 12.1. The van der Waals surface area contributed by atoms with Crippen molar-refractivity contribution in [3.05, 3.63) is 42.0 Å². The molecule has 57 heavy (non-hydrogen) atoms. The van der Waals surface area contributed by atoms with Crippen molar-refractivity contribution in [1.29, 1.82) is 0 Å². The summed E-state index contributed by atoms with van der Waals surface area (Å²) in [5.74, 6) is -4.52. The Bertz CT molecular complexity index is 2200. The van der Waals surface area contributed by atoms with Crippen LogP contribution in [0.15, 0.2) is 30.3 Å². The number of phenols is 1.